The van der Waals surface area contributed by atoms with E-state index in [0.717, 1.165) is 12.8 Å². The van der Waals surface area contributed by atoms with E-state index in [0.29, 0.717) is 55.7 Å². The van der Waals surface area contributed by atoms with Crippen LogP contribution in [0.5, 0.6) is 0 Å². The Balaban J connectivity index is 1.38. The Kier molecular flexibility index (Phi) is 5.13. The van der Waals surface area contributed by atoms with Gasteiger partial charge in [-0.3, -0.25) is 14.5 Å². The smallest absolute Gasteiger partial charge is 0.257 e. The second-order valence-electron chi connectivity index (χ2n) is 7.42. The van der Waals surface area contributed by atoms with Gasteiger partial charge in [0, 0.05) is 32.2 Å². The molecule has 1 N–H and O–H groups in total. The van der Waals surface area contributed by atoms with Gasteiger partial charge in [0.05, 0.1) is 24.0 Å². The van der Waals surface area contributed by atoms with Crippen LogP contribution in [0.1, 0.15) is 28.9 Å². The predicted molar refractivity (Wildman–Crippen MR) is 102 cm³/mol. The van der Waals surface area contributed by atoms with E-state index in [4.69, 9.17) is 0 Å². The van der Waals surface area contributed by atoms with Gasteiger partial charge in [0.15, 0.2) is 0 Å². The Hall–Kier alpha value is -2.74. The minimum atomic E-state index is -0.384. The van der Waals surface area contributed by atoms with E-state index in [1.165, 1.54) is 16.9 Å². The first-order valence-electron chi connectivity index (χ1n) is 9.63. The molecule has 1 aromatic heterocycles. The number of rotatable bonds is 5. The maximum absolute atomic E-state index is 14.1. The third-order valence-electron chi connectivity index (χ3n) is 5.29. The average Bonchev–Trinajstić information content (AvgIpc) is 3.42. The standard InChI is InChI=1S/C20H24FN5O2/c1-14-16(12-22-26(14)18-5-3-2-4-17(18)21)20(28)25-10-8-24(9-11-25)13-19(27)23-15-6-7-15/h2-5,12,15H,6-11,13H2,1H3,(H,23,27). The van der Waals surface area contributed by atoms with Crippen LogP contribution in [0.25, 0.3) is 5.69 Å². The van der Waals surface area contributed by atoms with Crippen LogP contribution >= 0.6 is 0 Å². The minimum Gasteiger partial charge on any atom is -0.352 e. The van der Waals surface area contributed by atoms with Crippen molar-refractivity contribution in [1.29, 1.82) is 0 Å². The molecule has 1 aliphatic carbocycles. The Morgan fingerprint density at radius 3 is 2.57 bits per heavy atom. The van der Waals surface area contributed by atoms with Crippen LogP contribution in [0.2, 0.25) is 0 Å². The summed E-state index contributed by atoms with van der Waals surface area (Å²) in [5.74, 6) is -0.433. The number of hydrogen-bond donors (Lipinski definition) is 1. The molecule has 4 rings (SSSR count). The van der Waals surface area contributed by atoms with E-state index in [-0.39, 0.29) is 17.6 Å². The fourth-order valence-corrected chi connectivity index (χ4v) is 3.47. The molecule has 0 unspecified atom stereocenters. The molecule has 2 aromatic rings. The number of para-hydroxylation sites is 1. The first-order valence-corrected chi connectivity index (χ1v) is 9.63. The molecule has 28 heavy (non-hydrogen) atoms. The highest BCUT2D eigenvalue weighted by Crippen LogP contribution is 2.20. The number of nitrogens with one attached hydrogen (secondary N) is 1. The maximum Gasteiger partial charge on any atom is 0.257 e. The van der Waals surface area contributed by atoms with Crippen LogP contribution < -0.4 is 5.32 Å². The summed E-state index contributed by atoms with van der Waals surface area (Å²) >= 11 is 0. The molecule has 1 saturated heterocycles. The van der Waals surface area contributed by atoms with E-state index in [9.17, 15) is 14.0 Å². The first kappa shape index (κ1) is 18.6. The van der Waals surface area contributed by atoms with Gasteiger partial charge in [0.1, 0.15) is 11.5 Å². The van der Waals surface area contributed by atoms with Gasteiger partial charge in [-0.25, -0.2) is 9.07 Å². The molecule has 2 heterocycles. The molecular weight excluding hydrogens is 361 g/mol. The second kappa shape index (κ2) is 7.71. The number of hydrogen-bond acceptors (Lipinski definition) is 4. The van der Waals surface area contributed by atoms with Crippen LogP contribution in [0.15, 0.2) is 30.5 Å². The summed E-state index contributed by atoms with van der Waals surface area (Å²) in [6.45, 7) is 4.57. The number of nitrogens with zero attached hydrogens (tertiary/aromatic N) is 4. The fraction of sp³-hybridized carbons (Fsp3) is 0.450. The Morgan fingerprint density at radius 1 is 1.18 bits per heavy atom. The van der Waals surface area contributed by atoms with Crippen molar-refractivity contribution in [3.05, 3.63) is 47.5 Å². The van der Waals surface area contributed by atoms with Crippen molar-refractivity contribution in [3.63, 3.8) is 0 Å². The van der Waals surface area contributed by atoms with Crippen molar-refractivity contribution < 1.29 is 14.0 Å². The van der Waals surface area contributed by atoms with Crippen molar-refractivity contribution in [1.82, 2.24) is 24.9 Å². The lowest BCUT2D eigenvalue weighted by Crippen LogP contribution is -2.51. The quantitative estimate of drug-likeness (QED) is 0.844. The number of piperazine rings is 1. The fourth-order valence-electron chi connectivity index (χ4n) is 3.47. The summed E-state index contributed by atoms with van der Waals surface area (Å²) in [6.07, 6.45) is 3.65. The van der Waals surface area contributed by atoms with Gasteiger partial charge in [-0.2, -0.15) is 5.10 Å². The zero-order chi connectivity index (χ0) is 19.7. The summed E-state index contributed by atoms with van der Waals surface area (Å²) < 4.78 is 15.5. The third-order valence-corrected chi connectivity index (χ3v) is 5.29. The molecule has 2 aliphatic rings. The SMILES string of the molecule is Cc1c(C(=O)N2CCN(CC(=O)NC3CC3)CC2)cnn1-c1ccccc1F. The van der Waals surface area contributed by atoms with Crippen LogP contribution in [0.4, 0.5) is 4.39 Å². The van der Waals surface area contributed by atoms with Crippen molar-refractivity contribution in [3.8, 4) is 5.69 Å². The lowest BCUT2D eigenvalue weighted by molar-refractivity contribution is -0.122. The Labute approximate surface area is 163 Å². The van der Waals surface area contributed by atoms with Crippen LogP contribution in [0, 0.1) is 12.7 Å². The normalized spacial score (nSPS) is 17.6. The molecule has 0 radical (unpaired) electrons. The number of aromatic nitrogens is 2. The summed E-state index contributed by atoms with van der Waals surface area (Å²) in [6, 6.07) is 6.73. The number of carbonyl (C=O) groups is 2. The monoisotopic (exact) mass is 385 g/mol. The molecule has 8 heteroatoms. The topological polar surface area (TPSA) is 70.5 Å². The van der Waals surface area contributed by atoms with Gasteiger partial charge in [0.25, 0.3) is 5.91 Å². The maximum atomic E-state index is 14.1. The lowest BCUT2D eigenvalue weighted by Gasteiger charge is -2.34. The van der Waals surface area contributed by atoms with Crippen molar-refractivity contribution in [2.45, 2.75) is 25.8 Å². The molecule has 2 fully saturated rings. The van der Waals surface area contributed by atoms with E-state index in [2.05, 4.69) is 15.3 Å². The molecule has 148 valence electrons. The van der Waals surface area contributed by atoms with E-state index in [1.54, 1.807) is 30.0 Å². The number of benzene rings is 1. The third kappa shape index (κ3) is 3.91. The zero-order valence-electron chi connectivity index (χ0n) is 15.9. The van der Waals surface area contributed by atoms with Crippen molar-refractivity contribution in [2.75, 3.05) is 32.7 Å². The molecule has 1 aromatic carbocycles. The van der Waals surface area contributed by atoms with E-state index in [1.807, 2.05) is 0 Å². The van der Waals surface area contributed by atoms with Gasteiger partial charge in [0.2, 0.25) is 5.91 Å². The molecule has 1 aliphatic heterocycles. The highest BCUT2D eigenvalue weighted by atomic mass is 19.1. The summed E-state index contributed by atoms with van der Waals surface area (Å²) in [4.78, 5) is 28.7. The van der Waals surface area contributed by atoms with Gasteiger partial charge in [-0.1, -0.05) is 12.1 Å². The Morgan fingerprint density at radius 2 is 1.89 bits per heavy atom. The molecule has 2 amide bonds. The molecule has 0 bridgehead atoms. The summed E-state index contributed by atoms with van der Waals surface area (Å²) in [5.41, 5.74) is 1.41. The van der Waals surface area contributed by atoms with Crippen LogP contribution in [-0.2, 0) is 4.79 Å². The largest absolute Gasteiger partial charge is 0.352 e. The van der Waals surface area contributed by atoms with E-state index >= 15 is 0 Å². The molecule has 7 nitrogen and oxygen atoms in total. The van der Waals surface area contributed by atoms with Crippen molar-refractivity contribution in [2.24, 2.45) is 0 Å². The van der Waals surface area contributed by atoms with Gasteiger partial charge in [-0.15, -0.1) is 0 Å². The molecule has 0 atom stereocenters. The second-order valence-corrected chi connectivity index (χ2v) is 7.42. The number of carbonyl (C=O) groups excluding carboxylic acids is 2. The van der Waals surface area contributed by atoms with E-state index < -0.39 is 0 Å². The van der Waals surface area contributed by atoms with Gasteiger partial charge in [-0.05, 0) is 31.9 Å². The highest BCUT2D eigenvalue weighted by molar-refractivity contribution is 5.95. The molecular formula is C20H24FN5O2. The van der Waals surface area contributed by atoms with Gasteiger partial charge < -0.3 is 10.2 Å². The summed E-state index contributed by atoms with van der Waals surface area (Å²) in [7, 11) is 0. The molecule has 0 spiro atoms. The highest BCUT2D eigenvalue weighted by Gasteiger charge is 2.28. The van der Waals surface area contributed by atoms with Crippen LogP contribution in [0.3, 0.4) is 0 Å². The lowest BCUT2D eigenvalue weighted by atomic mass is 10.2. The summed E-state index contributed by atoms with van der Waals surface area (Å²) in [5, 5.41) is 7.20. The first-order chi connectivity index (χ1) is 13.5. The minimum absolute atomic E-state index is 0.0595. The van der Waals surface area contributed by atoms with Gasteiger partial charge >= 0.3 is 0 Å². The predicted octanol–water partition coefficient (Wildman–Crippen LogP) is 1.36. The van der Waals surface area contributed by atoms with Crippen LogP contribution in [-0.4, -0.2) is 70.2 Å². The number of halogens is 1. The zero-order valence-corrected chi connectivity index (χ0v) is 15.9. The van der Waals surface area contributed by atoms with Crippen molar-refractivity contribution >= 4 is 11.8 Å². The number of amides is 2. The Bertz CT molecular complexity index is 884. The average molecular weight is 385 g/mol. The molecule has 1 saturated carbocycles.